The minimum atomic E-state index is -0.743. The van der Waals surface area contributed by atoms with Crippen LogP contribution >= 0.6 is 35.6 Å². The number of hydrogen-bond donors (Lipinski definition) is 0. The van der Waals surface area contributed by atoms with E-state index in [0.717, 1.165) is 17.3 Å². The van der Waals surface area contributed by atoms with Crippen molar-refractivity contribution in [3.8, 4) is 0 Å². The van der Waals surface area contributed by atoms with Crippen LogP contribution in [0.1, 0.15) is 12.5 Å². The number of methoxy groups -OCH3 is 1. The maximum atomic E-state index is 12.4. The maximum Gasteiger partial charge on any atom is 0.328 e. The van der Waals surface area contributed by atoms with Gasteiger partial charge in [0, 0.05) is 5.02 Å². The number of nitrogens with zero attached hydrogens (tertiary/aromatic N) is 1. The van der Waals surface area contributed by atoms with Crippen molar-refractivity contribution in [3.63, 3.8) is 0 Å². The summed E-state index contributed by atoms with van der Waals surface area (Å²) in [4.78, 5) is 25.7. The van der Waals surface area contributed by atoms with E-state index < -0.39 is 12.0 Å². The van der Waals surface area contributed by atoms with Crippen molar-refractivity contribution in [3.05, 3.63) is 39.8 Å². The number of carbonyl (C=O) groups is 2. The highest BCUT2D eigenvalue weighted by Gasteiger charge is 2.38. The molecule has 0 bridgehead atoms. The average Bonchev–Trinajstić information content (AvgIpc) is 2.72. The van der Waals surface area contributed by atoms with Crippen LogP contribution in [0.15, 0.2) is 29.2 Å². The van der Waals surface area contributed by atoms with Gasteiger partial charge in [0.1, 0.15) is 10.4 Å². The fourth-order valence-corrected chi connectivity index (χ4v) is 3.45. The van der Waals surface area contributed by atoms with Crippen LogP contribution in [0, 0.1) is 0 Å². The molecule has 7 heteroatoms. The standard InChI is InChI=1S/C14H12ClNO3S2/c1-8(13(18)19-2)16-12(17)11(21-14(16)20)7-9-4-3-5-10(15)6-9/h3-8H,1-2H3/b11-7-. The number of esters is 1. The molecule has 1 unspecified atom stereocenters. The predicted octanol–water partition coefficient (Wildman–Crippen LogP) is 3.10. The van der Waals surface area contributed by atoms with E-state index in [2.05, 4.69) is 4.74 Å². The monoisotopic (exact) mass is 341 g/mol. The number of benzene rings is 1. The third-order valence-electron chi connectivity index (χ3n) is 2.90. The molecule has 1 aromatic rings. The number of amides is 1. The first kappa shape index (κ1) is 16.0. The van der Waals surface area contributed by atoms with E-state index in [1.54, 1.807) is 31.2 Å². The molecule has 1 saturated heterocycles. The summed E-state index contributed by atoms with van der Waals surface area (Å²) in [6.45, 7) is 1.58. The van der Waals surface area contributed by atoms with Crippen LogP contribution in [0.2, 0.25) is 5.02 Å². The van der Waals surface area contributed by atoms with Gasteiger partial charge in [-0.05, 0) is 30.7 Å². The molecule has 1 aliphatic rings. The highest BCUT2D eigenvalue weighted by molar-refractivity contribution is 8.26. The van der Waals surface area contributed by atoms with Crippen LogP contribution < -0.4 is 0 Å². The number of halogens is 1. The Bertz CT molecular complexity index is 645. The summed E-state index contributed by atoms with van der Waals surface area (Å²) in [6, 6.07) is 6.39. The third-order valence-corrected chi connectivity index (χ3v) is 4.47. The third kappa shape index (κ3) is 3.45. The number of thiocarbonyl (C=S) groups is 1. The van der Waals surface area contributed by atoms with Crippen molar-refractivity contribution in [2.24, 2.45) is 0 Å². The molecule has 0 aromatic heterocycles. The van der Waals surface area contributed by atoms with Crippen molar-refractivity contribution in [1.82, 2.24) is 4.90 Å². The zero-order valence-electron chi connectivity index (χ0n) is 11.3. The van der Waals surface area contributed by atoms with Crippen molar-refractivity contribution >= 4 is 57.9 Å². The molecule has 4 nitrogen and oxygen atoms in total. The first-order chi connectivity index (χ1) is 9.93. The molecule has 0 aliphatic carbocycles. The Morgan fingerprint density at radius 2 is 2.24 bits per heavy atom. The van der Waals surface area contributed by atoms with E-state index in [1.165, 1.54) is 12.0 Å². The average molecular weight is 342 g/mol. The lowest BCUT2D eigenvalue weighted by atomic mass is 10.2. The Kier molecular flexibility index (Phi) is 5.03. The molecule has 110 valence electrons. The summed E-state index contributed by atoms with van der Waals surface area (Å²) < 4.78 is 4.99. The van der Waals surface area contributed by atoms with Gasteiger partial charge in [-0.2, -0.15) is 0 Å². The SMILES string of the molecule is COC(=O)C(C)N1C(=O)/C(=C/c2cccc(Cl)c2)SC1=S. The molecule has 1 heterocycles. The van der Waals surface area contributed by atoms with Crippen LogP contribution in [0.4, 0.5) is 0 Å². The molecule has 1 fully saturated rings. The number of rotatable bonds is 3. The molecule has 0 radical (unpaired) electrons. The predicted molar refractivity (Wildman–Crippen MR) is 87.9 cm³/mol. The van der Waals surface area contributed by atoms with Crippen LogP contribution in [0.3, 0.4) is 0 Å². The molecule has 0 saturated carbocycles. The van der Waals surface area contributed by atoms with Gasteiger partial charge in [0.2, 0.25) is 0 Å². The lowest BCUT2D eigenvalue weighted by molar-refractivity contribution is -0.147. The second kappa shape index (κ2) is 6.60. The lowest BCUT2D eigenvalue weighted by Gasteiger charge is -2.20. The molecule has 2 rings (SSSR count). The largest absolute Gasteiger partial charge is 0.467 e. The van der Waals surface area contributed by atoms with Crippen LogP contribution in [-0.4, -0.2) is 34.2 Å². The molecule has 0 spiro atoms. The van der Waals surface area contributed by atoms with Crippen LogP contribution in [0.25, 0.3) is 6.08 Å². The Hall–Kier alpha value is -1.37. The van der Waals surface area contributed by atoms with Gasteiger partial charge in [0.05, 0.1) is 12.0 Å². The summed E-state index contributed by atoms with van der Waals surface area (Å²) in [5.74, 6) is -0.807. The van der Waals surface area contributed by atoms with Crippen molar-refractivity contribution in [1.29, 1.82) is 0 Å². The number of hydrogen-bond acceptors (Lipinski definition) is 5. The van der Waals surface area contributed by atoms with Crippen molar-refractivity contribution < 1.29 is 14.3 Å². The zero-order valence-corrected chi connectivity index (χ0v) is 13.7. The van der Waals surface area contributed by atoms with E-state index in [4.69, 9.17) is 23.8 Å². The highest BCUT2D eigenvalue weighted by Crippen LogP contribution is 2.34. The molecule has 1 aromatic carbocycles. The number of carbonyl (C=O) groups excluding carboxylic acids is 2. The molecule has 1 atom stereocenters. The lowest BCUT2D eigenvalue weighted by Crippen LogP contribution is -2.42. The molecule has 21 heavy (non-hydrogen) atoms. The Morgan fingerprint density at radius 1 is 1.52 bits per heavy atom. The highest BCUT2D eigenvalue weighted by atomic mass is 35.5. The Labute approximate surface area is 137 Å². The normalized spacial score (nSPS) is 18.2. The summed E-state index contributed by atoms with van der Waals surface area (Å²) in [5, 5.41) is 0.585. The second-order valence-electron chi connectivity index (χ2n) is 4.31. The number of ether oxygens (including phenoxy) is 1. The Morgan fingerprint density at radius 3 is 2.86 bits per heavy atom. The first-order valence-corrected chi connectivity index (χ1v) is 7.64. The molecular weight excluding hydrogens is 330 g/mol. The van der Waals surface area contributed by atoms with E-state index in [9.17, 15) is 9.59 Å². The van der Waals surface area contributed by atoms with E-state index in [0.29, 0.717) is 14.2 Å². The van der Waals surface area contributed by atoms with E-state index >= 15 is 0 Å². The van der Waals surface area contributed by atoms with Crippen molar-refractivity contribution in [2.45, 2.75) is 13.0 Å². The fourth-order valence-electron chi connectivity index (χ4n) is 1.84. The minimum Gasteiger partial charge on any atom is -0.467 e. The van der Waals surface area contributed by atoms with Crippen LogP contribution in [-0.2, 0) is 14.3 Å². The molecule has 1 aliphatic heterocycles. The van der Waals surface area contributed by atoms with E-state index in [-0.39, 0.29) is 5.91 Å². The summed E-state index contributed by atoms with van der Waals surface area (Å²) in [5.41, 5.74) is 0.800. The van der Waals surface area contributed by atoms with Gasteiger partial charge in [-0.1, -0.05) is 47.7 Å². The molecular formula is C14H12ClNO3S2. The van der Waals surface area contributed by atoms with Gasteiger partial charge in [-0.3, -0.25) is 9.69 Å². The minimum absolute atomic E-state index is 0.303. The van der Waals surface area contributed by atoms with Gasteiger partial charge < -0.3 is 4.74 Å². The smallest absolute Gasteiger partial charge is 0.328 e. The van der Waals surface area contributed by atoms with E-state index in [1.807, 2.05) is 6.07 Å². The van der Waals surface area contributed by atoms with Gasteiger partial charge in [0.25, 0.3) is 5.91 Å². The molecule has 1 amide bonds. The fraction of sp³-hybridized carbons (Fsp3) is 0.214. The van der Waals surface area contributed by atoms with Gasteiger partial charge >= 0.3 is 5.97 Å². The van der Waals surface area contributed by atoms with Gasteiger partial charge in [-0.15, -0.1) is 0 Å². The van der Waals surface area contributed by atoms with Crippen LogP contribution in [0.5, 0.6) is 0 Å². The van der Waals surface area contributed by atoms with Crippen molar-refractivity contribution in [2.75, 3.05) is 7.11 Å². The quantitative estimate of drug-likeness (QED) is 0.480. The van der Waals surface area contributed by atoms with Gasteiger partial charge in [-0.25, -0.2) is 4.79 Å². The summed E-state index contributed by atoms with van der Waals surface area (Å²) in [6.07, 6.45) is 1.70. The maximum absolute atomic E-state index is 12.4. The Balaban J connectivity index is 2.28. The second-order valence-corrected chi connectivity index (χ2v) is 6.42. The topological polar surface area (TPSA) is 46.6 Å². The van der Waals surface area contributed by atoms with Gasteiger partial charge in [0.15, 0.2) is 0 Å². The number of thioether (sulfide) groups is 1. The molecule has 0 N–H and O–H groups in total. The zero-order chi connectivity index (χ0) is 15.6. The summed E-state index contributed by atoms with van der Waals surface area (Å²) in [7, 11) is 1.28. The first-order valence-electron chi connectivity index (χ1n) is 6.04. The summed E-state index contributed by atoms with van der Waals surface area (Å²) >= 11 is 12.2.